The quantitative estimate of drug-likeness (QED) is 0.463. The second kappa shape index (κ2) is 10.2. The standard InChI is InChI=1S/C22H26N4O4S/c23-17(21(28)30-15-5-1-2-6-15)7-3-4-13-8-10-14(11-9-13)18-12-16(19(24)27)20(31-18)26-22(25)29/h3-4,8-12,15,17H,1-2,5-7,23H2,(H2,24,27)(H3,25,26,29)/t17-/m1/s1. The average molecular weight is 443 g/mol. The summed E-state index contributed by atoms with van der Waals surface area (Å²) >= 11 is 1.21. The summed E-state index contributed by atoms with van der Waals surface area (Å²) in [5.41, 5.74) is 18.5. The number of ether oxygens (including phenoxy) is 1. The molecular formula is C22H26N4O4S. The number of hydrogen-bond donors (Lipinski definition) is 4. The molecule has 0 aliphatic heterocycles. The van der Waals surface area contributed by atoms with Crippen LogP contribution in [0.25, 0.3) is 16.5 Å². The van der Waals surface area contributed by atoms with Gasteiger partial charge in [-0.05, 0) is 49.3 Å². The minimum atomic E-state index is -0.762. The van der Waals surface area contributed by atoms with E-state index in [0.717, 1.165) is 41.7 Å². The molecule has 3 amide bonds. The molecule has 1 fully saturated rings. The molecule has 8 nitrogen and oxygen atoms in total. The topological polar surface area (TPSA) is 151 Å². The Kier molecular flexibility index (Phi) is 7.43. The van der Waals surface area contributed by atoms with Gasteiger partial charge < -0.3 is 21.9 Å². The molecule has 0 spiro atoms. The fourth-order valence-electron chi connectivity index (χ4n) is 3.38. The molecule has 1 heterocycles. The van der Waals surface area contributed by atoms with E-state index in [2.05, 4.69) is 5.32 Å². The zero-order valence-electron chi connectivity index (χ0n) is 17.0. The molecule has 1 aliphatic rings. The van der Waals surface area contributed by atoms with E-state index in [9.17, 15) is 14.4 Å². The maximum absolute atomic E-state index is 12.0. The van der Waals surface area contributed by atoms with Gasteiger partial charge >= 0.3 is 12.0 Å². The summed E-state index contributed by atoms with van der Waals surface area (Å²) in [6.45, 7) is 0. The van der Waals surface area contributed by atoms with Crippen LogP contribution in [0.1, 0.15) is 48.0 Å². The van der Waals surface area contributed by atoms with Gasteiger partial charge in [0, 0.05) is 4.88 Å². The van der Waals surface area contributed by atoms with Gasteiger partial charge in [0.25, 0.3) is 5.91 Å². The van der Waals surface area contributed by atoms with Gasteiger partial charge in [-0.25, -0.2) is 4.79 Å². The number of benzene rings is 1. The van der Waals surface area contributed by atoms with Crippen LogP contribution in [0.3, 0.4) is 0 Å². The lowest BCUT2D eigenvalue weighted by molar-refractivity contribution is -0.150. The van der Waals surface area contributed by atoms with Crippen molar-refractivity contribution in [1.82, 2.24) is 0 Å². The van der Waals surface area contributed by atoms with Gasteiger partial charge in [0.05, 0.1) is 5.56 Å². The van der Waals surface area contributed by atoms with Crippen molar-refractivity contribution >= 4 is 40.3 Å². The Morgan fingerprint density at radius 2 is 1.84 bits per heavy atom. The number of carbonyl (C=O) groups is 3. The lowest BCUT2D eigenvalue weighted by Crippen LogP contribution is -2.33. The predicted molar refractivity (Wildman–Crippen MR) is 121 cm³/mol. The Labute approximate surface area is 184 Å². The number of primary amides is 2. The Balaban J connectivity index is 1.60. The molecule has 164 valence electrons. The van der Waals surface area contributed by atoms with Crippen molar-refractivity contribution < 1.29 is 19.1 Å². The van der Waals surface area contributed by atoms with Crippen molar-refractivity contribution in [2.75, 3.05) is 5.32 Å². The number of nitrogens with one attached hydrogen (secondary N) is 1. The molecule has 1 saturated carbocycles. The third kappa shape index (κ3) is 6.16. The normalized spacial score (nSPS) is 15.1. The Bertz CT molecular complexity index is 978. The summed E-state index contributed by atoms with van der Waals surface area (Å²) in [7, 11) is 0. The Hall–Kier alpha value is -3.17. The number of anilines is 1. The summed E-state index contributed by atoms with van der Waals surface area (Å²) in [5, 5.41) is 2.74. The number of amides is 3. The summed E-state index contributed by atoms with van der Waals surface area (Å²) in [4.78, 5) is 35.5. The van der Waals surface area contributed by atoms with Crippen molar-refractivity contribution in [1.29, 1.82) is 0 Å². The van der Waals surface area contributed by atoms with Gasteiger partial charge in [-0.2, -0.15) is 0 Å². The second-order valence-electron chi connectivity index (χ2n) is 7.42. The first-order valence-electron chi connectivity index (χ1n) is 10.1. The number of esters is 1. The third-order valence-corrected chi connectivity index (χ3v) is 6.12. The summed E-state index contributed by atoms with van der Waals surface area (Å²) in [6, 6.07) is 7.76. The van der Waals surface area contributed by atoms with Gasteiger partial charge in [-0.3, -0.25) is 14.9 Å². The highest BCUT2D eigenvalue weighted by atomic mass is 32.1. The Morgan fingerprint density at radius 1 is 1.16 bits per heavy atom. The van der Waals surface area contributed by atoms with Crippen molar-refractivity contribution in [3.63, 3.8) is 0 Å². The molecule has 2 aromatic rings. The fraction of sp³-hybridized carbons (Fsp3) is 0.318. The largest absolute Gasteiger partial charge is 0.461 e. The van der Waals surface area contributed by atoms with E-state index in [4.69, 9.17) is 21.9 Å². The van der Waals surface area contributed by atoms with Gasteiger partial charge in [-0.15, -0.1) is 11.3 Å². The number of carbonyl (C=O) groups excluding carboxylic acids is 3. The fourth-order valence-corrected chi connectivity index (χ4v) is 4.46. The predicted octanol–water partition coefficient (Wildman–Crippen LogP) is 3.22. The molecule has 0 unspecified atom stereocenters. The first kappa shape index (κ1) is 22.5. The molecule has 1 aliphatic carbocycles. The highest BCUT2D eigenvalue weighted by Gasteiger charge is 2.22. The van der Waals surface area contributed by atoms with E-state index in [1.165, 1.54) is 11.3 Å². The van der Waals surface area contributed by atoms with Crippen LogP contribution >= 0.6 is 11.3 Å². The summed E-state index contributed by atoms with van der Waals surface area (Å²) in [5.74, 6) is -0.996. The molecule has 1 aromatic heterocycles. The van der Waals surface area contributed by atoms with Crippen molar-refractivity contribution in [3.8, 4) is 10.4 Å². The summed E-state index contributed by atoms with van der Waals surface area (Å²) in [6.07, 6.45) is 8.18. The van der Waals surface area contributed by atoms with Crippen LogP contribution in [0.2, 0.25) is 0 Å². The zero-order chi connectivity index (χ0) is 22.4. The minimum absolute atomic E-state index is 0.0149. The molecular weight excluding hydrogens is 416 g/mol. The van der Waals surface area contributed by atoms with E-state index >= 15 is 0 Å². The molecule has 9 heteroatoms. The van der Waals surface area contributed by atoms with Crippen molar-refractivity contribution in [3.05, 3.63) is 47.5 Å². The van der Waals surface area contributed by atoms with E-state index in [1.54, 1.807) is 6.07 Å². The van der Waals surface area contributed by atoms with Crippen LogP contribution in [0.5, 0.6) is 0 Å². The van der Waals surface area contributed by atoms with Crippen LogP contribution in [-0.2, 0) is 9.53 Å². The van der Waals surface area contributed by atoms with Crippen LogP contribution in [0, 0.1) is 0 Å². The van der Waals surface area contributed by atoms with E-state index < -0.39 is 18.0 Å². The van der Waals surface area contributed by atoms with Crippen molar-refractivity contribution in [2.24, 2.45) is 17.2 Å². The third-order valence-electron chi connectivity index (χ3n) is 5.02. The molecule has 0 bridgehead atoms. The maximum Gasteiger partial charge on any atom is 0.323 e. The molecule has 1 aromatic carbocycles. The van der Waals surface area contributed by atoms with Gasteiger partial charge in [0.15, 0.2) is 0 Å². The smallest absolute Gasteiger partial charge is 0.323 e. The van der Waals surface area contributed by atoms with Crippen LogP contribution < -0.4 is 22.5 Å². The molecule has 1 atom stereocenters. The monoisotopic (exact) mass is 442 g/mol. The lowest BCUT2D eigenvalue weighted by atomic mass is 10.1. The highest BCUT2D eigenvalue weighted by Crippen LogP contribution is 2.35. The van der Waals surface area contributed by atoms with E-state index in [1.807, 2.05) is 36.4 Å². The highest BCUT2D eigenvalue weighted by molar-refractivity contribution is 7.20. The number of nitrogens with two attached hydrogens (primary N) is 3. The number of urea groups is 1. The summed E-state index contributed by atoms with van der Waals surface area (Å²) < 4.78 is 5.43. The number of thiophene rings is 1. The average Bonchev–Trinajstić information content (AvgIpc) is 3.38. The molecule has 0 radical (unpaired) electrons. The maximum atomic E-state index is 12.0. The minimum Gasteiger partial charge on any atom is -0.461 e. The van der Waals surface area contributed by atoms with E-state index in [-0.39, 0.29) is 17.6 Å². The molecule has 7 N–H and O–H groups in total. The Morgan fingerprint density at radius 3 is 2.45 bits per heavy atom. The van der Waals surface area contributed by atoms with Gasteiger partial charge in [0.2, 0.25) is 0 Å². The van der Waals surface area contributed by atoms with Crippen LogP contribution in [-0.4, -0.2) is 30.1 Å². The molecule has 3 rings (SSSR count). The first-order chi connectivity index (χ1) is 14.8. The van der Waals surface area contributed by atoms with E-state index in [0.29, 0.717) is 11.4 Å². The molecule has 0 saturated heterocycles. The van der Waals surface area contributed by atoms with Crippen LogP contribution in [0.15, 0.2) is 36.4 Å². The first-order valence-corrected chi connectivity index (χ1v) is 10.9. The number of rotatable bonds is 8. The van der Waals surface area contributed by atoms with Gasteiger partial charge in [0.1, 0.15) is 17.1 Å². The zero-order valence-corrected chi connectivity index (χ0v) is 17.8. The van der Waals surface area contributed by atoms with Crippen molar-refractivity contribution in [2.45, 2.75) is 44.2 Å². The SMILES string of the molecule is NC(=O)Nc1sc(-c2ccc(C=CC[C@@H](N)C(=O)OC3CCCC3)cc2)cc1C(N)=O. The molecule has 31 heavy (non-hydrogen) atoms. The second-order valence-corrected chi connectivity index (χ2v) is 8.47. The van der Waals surface area contributed by atoms with Gasteiger partial charge in [-0.1, -0.05) is 36.4 Å². The lowest BCUT2D eigenvalue weighted by Gasteiger charge is -2.14. The number of hydrogen-bond acceptors (Lipinski definition) is 6. The van der Waals surface area contributed by atoms with Crippen LogP contribution in [0.4, 0.5) is 9.80 Å².